The molecule has 1 N–H and O–H groups in total. The molecule has 0 bridgehead atoms. The van der Waals surface area contributed by atoms with Gasteiger partial charge in [-0.3, -0.25) is 4.79 Å². The Balaban J connectivity index is 1.44. The number of sulfone groups is 1. The second-order valence-corrected chi connectivity index (χ2v) is 13.3. The number of rotatable bonds is 7. The Bertz CT molecular complexity index is 1260. The standard InChI is InChI=1S/C26H31N3O6S2/c1-26(2,3)35-25(31)27-14-13-23(30)28-24-29(21-16-37(32,33)17-22(21)36-24)19-9-11-20(12-10-19)34-15-18-7-5-4-6-8-18/h4-12,21-22H,13-17H2,1-3H3,(H,27,31)/t21-,22+/m0/s1. The first kappa shape index (κ1) is 27.0. The van der Waals surface area contributed by atoms with Gasteiger partial charge in [0.25, 0.3) is 0 Å². The lowest BCUT2D eigenvalue weighted by atomic mass is 10.2. The summed E-state index contributed by atoms with van der Waals surface area (Å²) >= 11 is 1.31. The molecule has 0 aromatic heterocycles. The van der Waals surface area contributed by atoms with E-state index < -0.39 is 27.4 Å². The van der Waals surface area contributed by atoms with E-state index in [-0.39, 0.29) is 35.8 Å². The highest BCUT2D eigenvalue weighted by molar-refractivity contribution is 8.16. The van der Waals surface area contributed by atoms with Gasteiger partial charge in [-0.25, -0.2) is 13.2 Å². The van der Waals surface area contributed by atoms with Crippen molar-refractivity contribution in [3.8, 4) is 5.75 Å². The fourth-order valence-corrected chi connectivity index (χ4v) is 7.99. The van der Waals surface area contributed by atoms with Gasteiger partial charge in [-0.2, -0.15) is 4.99 Å². The summed E-state index contributed by atoms with van der Waals surface area (Å²) in [6.45, 7) is 5.79. The first-order chi connectivity index (χ1) is 17.5. The summed E-state index contributed by atoms with van der Waals surface area (Å²) in [7, 11) is -3.17. The third-order valence-electron chi connectivity index (χ3n) is 5.66. The predicted octanol–water partition coefficient (Wildman–Crippen LogP) is 3.78. The molecule has 2 saturated heterocycles. The van der Waals surface area contributed by atoms with E-state index in [9.17, 15) is 18.0 Å². The van der Waals surface area contributed by atoms with Crippen LogP contribution >= 0.6 is 11.8 Å². The highest BCUT2D eigenvalue weighted by Gasteiger charge is 2.49. The lowest BCUT2D eigenvalue weighted by Gasteiger charge is -2.24. The van der Waals surface area contributed by atoms with Gasteiger partial charge in [-0.05, 0) is 50.6 Å². The Morgan fingerprint density at radius 2 is 1.78 bits per heavy atom. The molecule has 4 rings (SSSR count). The van der Waals surface area contributed by atoms with Crippen molar-refractivity contribution in [2.45, 2.75) is 50.7 Å². The van der Waals surface area contributed by atoms with Crippen molar-refractivity contribution in [2.24, 2.45) is 4.99 Å². The maximum Gasteiger partial charge on any atom is 0.407 e. The molecular formula is C26H31N3O6S2. The molecule has 0 saturated carbocycles. The summed E-state index contributed by atoms with van der Waals surface area (Å²) in [6, 6.07) is 16.9. The summed E-state index contributed by atoms with van der Waals surface area (Å²) < 4.78 is 35.7. The Morgan fingerprint density at radius 3 is 2.46 bits per heavy atom. The third kappa shape index (κ3) is 7.48. The summed E-state index contributed by atoms with van der Waals surface area (Å²) in [4.78, 5) is 30.5. The molecule has 2 aromatic carbocycles. The van der Waals surface area contributed by atoms with Crippen LogP contribution in [0.3, 0.4) is 0 Å². The zero-order valence-corrected chi connectivity index (χ0v) is 22.7. The van der Waals surface area contributed by atoms with Crippen molar-refractivity contribution in [3.05, 3.63) is 60.2 Å². The van der Waals surface area contributed by atoms with Gasteiger partial charge in [0.1, 0.15) is 18.0 Å². The van der Waals surface area contributed by atoms with Gasteiger partial charge in [0.05, 0.1) is 17.5 Å². The van der Waals surface area contributed by atoms with Crippen LogP contribution in [0.5, 0.6) is 5.75 Å². The number of amidine groups is 1. The van der Waals surface area contributed by atoms with E-state index in [2.05, 4.69) is 10.3 Å². The van der Waals surface area contributed by atoms with Crippen LogP contribution in [0.15, 0.2) is 59.6 Å². The van der Waals surface area contributed by atoms with Gasteiger partial charge in [0.15, 0.2) is 15.0 Å². The molecule has 2 aromatic rings. The van der Waals surface area contributed by atoms with Crippen LogP contribution in [-0.4, -0.2) is 60.5 Å². The summed E-state index contributed by atoms with van der Waals surface area (Å²) in [5.74, 6) is 0.321. The average Bonchev–Trinajstić information content (AvgIpc) is 3.28. The van der Waals surface area contributed by atoms with Crippen LogP contribution in [0.1, 0.15) is 32.8 Å². The number of carbonyl (C=O) groups is 2. The van der Waals surface area contributed by atoms with Gasteiger partial charge < -0.3 is 19.7 Å². The molecule has 11 heteroatoms. The number of fused-ring (bicyclic) bond motifs is 1. The minimum Gasteiger partial charge on any atom is -0.489 e. The number of hydrogen-bond donors (Lipinski definition) is 1. The van der Waals surface area contributed by atoms with E-state index in [4.69, 9.17) is 9.47 Å². The van der Waals surface area contributed by atoms with E-state index in [1.54, 1.807) is 20.8 Å². The largest absolute Gasteiger partial charge is 0.489 e. The lowest BCUT2D eigenvalue weighted by Crippen LogP contribution is -2.37. The van der Waals surface area contributed by atoms with Gasteiger partial charge in [0.2, 0.25) is 5.91 Å². The number of anilines is 1. The normalized spacial score (nSPS) is 21.5. The third-order valence-corrected chi connectivity index (χ3v) is 8.87. The zero-order chi connectivity index (χ0) is 26.6. The fraction of sp³-hybridized carbons (Fsp3) is 0.423. The highest BCUT2D eigenvalue weighted by atomic mass is 32.2. The number of nitrogens with zero attached hydrogens (tertiary/aromatic N) is 2. The maximum absolute atomic E-state index is 12.6. The summed E-state index contributed by atoms with van der Waals surface area (Å²) in [5, 5.41) is 2.81. The van der Waals surface area contributed by atoms with Crippen LogP contribution in [0.25, 0.3) is 0 Å². The number of hydrogen-bond acceptors (Lipinski definition) is 7. The van der Waals surface area contributed by atoms with Crippen molar-refractivity contribution < 1.29 is 27.5 Å². The molecule has 198 valence electrons. The molecule has 0 unspecified atom stereocenters. The zero-order valence-electron chi connectivity index (χ0n) is 21.0. The molecule has 2 heterocycles. The molecule has 2 aliphatic rings. The molecule has 9 nitrogen and oxygen atoms in total. The SMILES string of the molecule is CC(C)(C)OC(=O)NCCC(=O)N=C1S[C@@H]2CS(=O)(=O)C[C@@H]2N1c1ccc(OCc2ccccc2)cc1. The quantitative estimate of drug-likeness (QED) is 0.559. The Kier molecular flexibility index (Phi) is 8.13. The molecule has 0 aliphatic carbocycles. The highest BCUT2D eigenvalue weighted by Crippen LogP contribution is 2.41. The number of amides is 2. The minimum atomic E-state index is -3.17. The van der Waals surface area contributed by atoms with Gasteiger partial charge >= 0.3 is 6.09 Å². The molecule has 2 aliphatic heterocycles. The monoisotopic (exact) mass is 545 g/mol. The first-order valence-corrected chi connectivity index (χ1v) is 14.7. The van der Waals surface area contributed by atoms with Crippen molar-refractivity contribution in [3.63, 3.8) is 0 Å². The maximum atomic E-state index is 12.6. The number of ether oxygens (including phenoxy) is 2. The summed E-state index contributed by atoms with van der Waals surface area (Å²) in [5.41, 5.74) is 1.16. The topological polar surface area (TPSA) is 114 Å². The minimum absolute atomic E-state index is 0.00294. The summed E-state index contributed by atoms with van der Waals surface area (Å²) in [6.07, 6.45) is -0.601. The molecule has 0 radical (unpaired) electrons. The van der Waals surface area contributed by atoms with Gasteiger partial charge in [-0.15, -0.1) is 0 Å². The molecule has 37 heavy (non-hydrogen) atoms. The van der Waals surface area contributed by atoms with Crippen LogP contribution in [0.2, 0.25) is 0 Å². The number of nitrogens with one attached hydrogen (secondary N) is 1. The molecule has 2 atom stereocenters. The fourth-order valence-electron chi connectivity index (χ4n) is 4.06. The number of thioether (sulfide) groups is 1. The van der Waals surface area contributed by atoms with Crippen molar-refractivity contribution in [1.82, 2.24) is 5.32 Å². The van der Waals surface area contributed by atoms with Gasteiger partial charge in [-0.1, -0.05) is 42.1 Å². The number of carbonyl (C=O) groups excluding carboxylic acids is 2. The number of benzene rings is 2. The van der Waals surface area contributed by atoms with Crippen molar-refractivity contribution in [2.75, 3.05) is 23.0 Å². The second-order valence-electron chi connectivity index (χ2n) is 9.91. The van der Waals surface area contributed by atoms with Crippen molar-refractivity contribution in [1.29, 1.82) is 0 Å². The van der Waals surface area contributed by atoms with E-state index >= 15 is 0 Å². The molecule has 0 spiro atoms. The van der Waals surface area contributed by atoms with E-state index in [1.165, 1.54) is 11.8 Å². The van der Waals surface area contributed by atoms with Crippen LogP contribution in [-0.2, 0) is 26.0 Å². The molecule has 2 amide bonds. The second kappa shape index (κ2) is 11.1. The van der Waals surface area contributed by atoms with Crippen molar-refractivity contribution >= 4 is 44.5 Å². The van der Waals surface area contributed by atoms with E-state index in [0.29, 0.717) is 17.5 Å². The molecular weight excluding hydrogens is 514 g/mol. The first-order valence-electron chi connectivity index (χ1n) is 12.0. The average molecular weight is 546 g/mol. The van der Waals surface area contributed by atoms with Crippen LogP contribution in [0, 0.1) is 0 Å². The van der Waals surface area contributed by atoms with E-state index in [0.717, 1.165) is 11.3 Å². The van der Waals surface area contributed by atoms with Gasteiger partial charge in [0, 0.05) is 23.9 Å². The number of alkyl carbamates (subject to hydrolysis) is 1. The number of aliphatic imine (C=N–C) groups is 1. The Hall–Kier alpha value is -3.05. The lowest BCUT2D eigenvalue weighted by molar-refractivity contribution is -0.117. The van der Waals surface area contributed by atoms with E-state index in [1.807, 2.05) is 59.5 Å². The Labute approximate surface area is 221 Å². The molecule has 2 fully saturated rings. The predicted molar refractivity (Wildman–Crippen MR) is 145 cm³/mol. The smallest absolute Gasteiger partial charge is 0.407 e. The van der Waals surface area contributed by atoms with Crippen LogP contribution in [0.4, 0.5) is 10.5 Å². The Morgan fingerprint density at radius 1 is 1.08 bits per heavy atom. The van der Waals surface area contributed by atoms with Crippen LogP contribution < -0.4 is 15.0 Å².